The van der Waals surface area contributed by atoms with Crippen molar-refractivity contribution in [3.63, 3.8) is 0 Å². The molecule has 0 radical (unpaired) electrons. The van der Waals surface area contributed by atoms with Crippen LogP contribution in [-0.4, -0.2) is 27.7 Å². The number of hydrogen-bond donors (Lipinski definition) is 2. The van der Waals surface area contributed by atoms with Crippen LogP contribution < -0.4 is 10.9 Å². The molecule has 116 valence electrons. The van der Waals surface area contributed by atoms with Crippen LogP contribution in [0.25, 0.3) is 16.6 Å². The van der Waals surface area contributed by atoms with E-state index in [1.54, 1.807) is 6.07 Å². The van der Waals surface area contributed by atoms with E-state index in [1.807, 2.05) is 22.7 Å². The van der Waals surface area contributed by atoms with Gasteiger partial charge in [-0.2, -0.15) is 5.10 Å². The number of H-pyrrole nitrogens is 1. The molecule has 0 aliphatic carbocycles. The lowest BCUT2D eigenvalue weighted by Gasteiger charge is -2.23. The highest BCUT2D eigenvalue weighted by Crippen LogP contribution is 2.29. The fourth-order valence-electron chi connectivity index (χ4n) is 3.15. The zero-order chi connectivity index (χ0) is 14.4. The predicted octanol–water partition coefficient (Wildman–Crippen LogP) is 2.72. The first-order valence-electron chi connectivity index (χ1n) is 7.15. The van der Waals surface area contributed by atoms with Gasteiger partial charge >= 0.3 is 0 Å². The van der Waals surface area contributed by atoms with E-state index in [1.165, 1.54) is 0 Å². The summed E-state index contributed by atoms with van der Waals surface area (Å²) in [5.41, 5.74) is 2.37. The second kappa shape index (κ2) is 5.91. The second-order valence-corrected chi connectivity index (χ2v) is 5.88. The Kier molecular flexibility index (Phi) is 4.12. The molecule has 1 aliphatic rings. The van der Waals surface area contributed by atoms with Crippen molar-refractivity contribution < 1.29 is 0 Å². The molecular weight excluding hydrogens is 323 g/mol. The molecule has 2 N–H and O–H groups in total. The van der Waals surface area contributed by atoms with E-state index in [0.29, 0.717) is 16.6 Å². The van der Waals surface area contributed by atoms with E-state index in [0.717, 1.165) is 42.5 Å². The number of hydrogen-bond acceptors (Lipinski definition) is 3. The van der Waals surface area contributed by atoms with Gasteiger partial charge in [0.1, 0.15) is 5.65 Å². The van der Waals surface area contributed by atoms with E-state index < -0.39 is 0 Å². The van der Waals surface area contributed by atoms with Gasteiger partial charge in [0.15, 0.2) is 0 Å². The summed E-state index contributed by atoms with van der Waals surface area (Å²) in [6, 6.07) is 7.28. The third kappa shape index (κ3) is 2.39. The van der Waals surface area contributed by atoms with Crippen molar-refractivity contribution in [1.29, 1.82) is 0 Å². The monoisotopic (exact) mass is 338 g/mol. The van der Waals surface area contributed by atoms with Gasteiger partial charge in [0, 0.05) is 12.0 Å². The summed E-state index contributed by atoms with van der Waals surface area (Å²) in [6.07, 6.45) is 2.03. The Bertz CT molecular complexity index is 880. The molecule has 1 fully saturated rings. The zero-order valence-electron chi connectivity index (χ0n) is 11.8. The van der Waals surface area contributed by atoms with Crippen molar-refractivity contribution in [3.8, 4) is 0 Å². The van der Waals surface area contributed by atoms with Crippen molar-refractivity contribution in [2.45, 2.75) is 18.8 Å². The lowest BCUT2D eigenvalue weighted by atomic mass is 9.94. The third-order valence-corrected chi connectivity index (χ3v) is 4.49. The standard InChI is InChI=1S/C15H15ClN4O.ClH/c16-10-2-1-3-11-14(10)15-18-13(21)8-12(20(15)19-11)9-4-6-17-7-5-9;/h1-3,8-9,17H,4-7H2,(H,18,21);1H. The highest BCUT2D eigenvalue weighted by Gasteiger charge is 2.21. The Hall–Kier alpha value is -1.56. The van der Waals surface area contributed by atoms with E-state index in [-0.39, 0.29) is 18.0 Å². The largest absolute Gasteiger partial charge is 0.317 e. The molecule has 0 bridgehead atoms. The summed E-state index contributed by atoms with van der Waals surface area (Å²) in [5.74, 6) is 0.351. The van der Waals surface area contributed by atoms with Crippen LogP contribution in [0.3, 0.4) is 0 Å². The Morgan fingerprint density at radius 3 is 2.82 bits per heavy atom. The molecule has 1 aromatic carbocycles. The van der Waals surface area contributed by atoms with Gasteiger partial charge in [-0.15, -0.1) is 12.4 Å². The highest BCUT2D eigenvalue weighted by molar-refractivity contribution is 6.36. The van der Waals surface area contributed by atoms with E-state index in [4.69, 9.17) is 11.6 Å². The summed E-state index contributed by atoms with van der Waals surface area (Å²) in [7, 11) is 0. The van der Waals surface area contributed by atoms with Crippen LogP contribution in [0.5, 0.6) is 0 Å². The Balaban J connectivity index is 0.00000144. The number of piperidine rings is 1. The number of fused-ring (bicyclic) bond motifs is 3. The van der Waals surface area contributed by atoms with Gasteiger partial charge in [0.25, 0.3) is 5.56 Å². The first-order chi connectivity index (χ1) is 10.2. The van der Waals surface area contributed by atoms with Gasteiger partial charge in [-0.25, -0.2) is 4.52 Å². The molecule has 0 amide bonds. The molecule has 0 unspecified atom stereocenters. The Morgan fingerprint density at radius 2 is 2.05 bits per heavy atom. The molecule has 2 aromatic heterocycles. The zero-order valence-corrected chi connectivity index (χ0v) is 13.4. The summed E-state index contributed by atoms with van der Waals surface area (Å²) in [6.45, 7) is 1.95. The number of halogens is 2. The minimum absolute atomic E-state index is 0. The maximum atomic E-state index is 12.0. The van der Waals surface area contributed by atoms with Crippen LogP contribution in [0.15, 0.2) is 29.1 Å². The summed E-state index contributed by atoms with van der Waals surface area (Å²) >= 11 is 6.28. The highest BCUT2D eigenvalue weighted by atomic mass is 35.5. The van der Waals surface area contributed by atoms with Crippen molar-refractivity contribution in [3.05, 3.63) is 45.3 Å². The summed E-state index contributed by atoms with van der Waals surface area (Å²) in [5, 5.41) is 9.40. The van der Waals surface area contributed by atoms with E-state index in [2.05, 4.69) is 15.4 Å². The lowest BCUT2D eigenvalue weighted by molar-refractivity contribution is 0.446. The van der Waals surface area contributed by atoms with Gasteiger partial charge in [-0.3, -0.25) is 4.79 Å². The quantitative estimate of drug-likeness (QED) is 0.717. The molecule has 1 aliphatic heterocycles. The average molecular weight is 339 g/mol. The predicted molar refractivity (Wildman–Crippen MR) is 90.4 cm³/mol. The Morgan fingerprint density at radius 1 is 1.27 bits per heavy atom. The first-order valence-corrected chi connectivity index (χ1v) is 7.53. The van der Waals surface area contributed by atoms with Gasteiger partial charge in [-0.05, 0) is 38.1 Å². The fourth-order valence-corrected chi connectivity index (χ4v) is 3.41. The molecule has 5 nitrogen and oxygen atoms in total. The third-order valence-electron chi connectivity index (χ3n) is 4.17. The maximum Gasteiger partial charge on any atom is 0.251 e. The van der Waals surface area contributed by atoms with Crippen molar-refractivity contribution in [2.24, 2.45) is 0 Å². The molecule has 3 aromatic rings. The molecule has 7 heteroatoms. The van der Waals surface area contributed by atoms with E-state index in [9.17, 15) is 4.79 Å². The van der Waals surface area contributed by atoms with Gasteiger partial charge in [0.05, 0.1) is 21.6 Å². The van der Waals surface area contributed by atoms with E-state index >= 15 is 0 Å². The van der Waals surface area contributed by atoms with Crippen molar-refractivity contribution >= 4 is 40.6 Å². The van der Waals surface area contributed by atoms with Gasteiger partial charge in [-0.1, -0.05) is 17.7 Å². The molecule has 3 heterocycles. The number of nitrogens with zero attached hydrogens (tertiary/aromatic N) is 2. The minimum Gasteiger partial charge on any atom is -0.317 e. The molecule has 0 atom stereocenters. The molecule has 0 saturated carbocycles. The number of nitrogens with one attached hydrogen (secondary N) is 2. The topological polar surface area (TPSA) is 62.2 Å². The normalized spacial score (nSPS) is 16.0. The van der Waals surface area contributed by atoms with Crippen LogP contribution in [0.2, 0.25) is 5.02 Å². The molecule has 1 saturated heterocycles. The summed E-state index contributed by atoms with van der Waals surface area (Å²) in [4.78, 5) is 14.9. The molecule has 4 rings (SSSR count). The van der Waals surface area contributed by atoms with Crippen molar-refractivity contribution in [2.75, 3.05) is 13.1 Å². The van der Waals surface area contributed by atoms with Gasteiger partial charge in [0.2, 0.25) is 0 Å². The summed E-state index contributed by atoms with van der Waals surface area (Å²) < 4.78 is 1.86. The first kappa shape index (κ1) is 15.3. The number of rotatable bonds is 1. The molecule has 22 heavy (non-hydrogen) atoms. The van der Waals surface area contributed by atoms with Gasteiger partial charge < -0.3 is 10.3 Å². The maximum absolute atomic E-state index is 12.0. The average Bonchev–Trinajstić information content (AvgIpc) is 2.87. The minimum atomic E-state index is -0.0993. The molecular formula is C15H16Cl2N4O. The number of benzene rings is 1. The van der Waals surface area contributed by atoms with Crippen LogP contribution in [0, 0.1) is 0 Å². The lowest BCUT2D eigenvalue weighted by Crippen LogP contribution is -2.28. The van der Waals surface area contributed by atoms with Crippen LogP contribution in [-0.2, 0) is 0 Å². The smallest absolute Gasteiger partial charge is 0.251 e. The molecule has 0 spiro atoms. The van der Waals surface area contributed by atoms with Crippen molar-refractivity contribution in [1.82, 2.24) is 19.9 Å². The second-order valence-electron chi connectivity index (χ2n) is 5.48. The SMILES string of the molecule is Cl.O=c1cc(C2CCNCC2)n2nc3cccc(Cl)c3c2[nH]1. The van der Waals surface area contributed by atoms with Crippen LogP contribution in [0.1, 0.15) is 24.5 Å². The van der Waals surface area contributed by atoms with Crippen LogP contribution in [0.4, 0.5) is 0 Å². The fraction of sp³-hybridized carbons (Fsp3) is 0.333. The number of aromatic amines is 1. The van der Waals surface area contributed by atoms with Crippen LogP contribution >= 0.6 is 24.0 Å². The number of aromatic nitrogens is 3. The Labute approximate surface area is 138 Å².